The van der Waals surface area contributed by atoms with Crippen molar-refractivity contribution in [3.8, 4) is 5.75 Å². The van der Waals surface area contributed by atoms with Crippen LogP contribution in [0.1, 0.15) is 56.5 Å². The molecule has 0 heterocycles. The highest BCUT2D eigenvalue weighted by molar-refractivity contribution is 6.02. The number of rotatable bonds is 8. The summed E-state index contributed by atoms with van der Waals surface area (Å²) in [5, 5.41) is 5.46. The van der Waals surface area contributed by atoms with Gasteiger partial charge in [0.15, 0.2) is 0 Å². The lowest BCUT2D eigenvalue weighted by Crippen LogP contribution is -2.34. The fraction of sp³-hybridized carbons (Fsp3) is 0.556. The van der Waals surface area contributed by atoms with E-state index >= 15 is 0 Å². The number of hydrogen-bond acceptors (Lipinski definition) is 4. The summed E-state index contributed by atoms with van der Waals surface area (Å²) in [7, 11) is 0. The number of anilines is 1. The van der Waals surface area contributed by atoms with E-state index in [1.165, 1.54) is 0 Å². The third kappa shape index (κ3) is 6.10. The number of ether oxygens (including phenoxy) is 2. The van der Waals surface area contributed by atoms with Crippen molar-refractivity contribution in [2.24, 2.45) is 0 Å². The maximum Gasteiger partial charge on any atom is 0.340 e. The number of esters is 1. The standard InChI is InChI=1S/C18H28N2O4/c1-6-8-9-24-14-10-13(5)16(17(21)23-7-2)15(11-14)20-18(22)19-12(3)4/h10-12H,6-9H2,1-5H3,(H2,19,20,22). The lowest BCUT2D eigenvalue weighted by Gasteiger charge is -2.17. The molecule has 0 spiro atoms. The van der Waals surface area contributed by atoms with Gasteiger partial charge in [-0.2, -0.15) is 0 Å². The van der Waals surface area contributed by atoms with Gasteiger partial charge >= 0.3 is 12.0 Å². The molecule has 24 heavy (non-hydrogen) atoms. The summed E-state index contributed by atoms with van der Waals surface area (Å²) in [4.78, 5) is 24.3. The molecule has 0 radical (unpaired) electrons. The number of carbonyl (C=O) groups excluding carboxylic acids is 2. The number of hydrogen-bond donors (Lipinski definition) is 2. The highest BCUT2D eigenvalue weighted by atomic mass is 16.5. The van der Waals surface area contributed by atoms with Crippen LogP contribution in [0.15, 0.2) is 12.1 Å². The number of nitrogens with one attached hydrogen (secondary N) is 2. The topological polar surface area (TPSA) is 76.7 Å². The van der Waals surface area contributed by atoms with Gasteiger partial charge in [0.25, 0.3) is 0 Å². The minimum Gasteiger partial charge on any atom is -0.494 e. The summed E-state index contributed by atoms with van der Waals surface area (Å²) in [6.45, 7) is 10.2. The number of aryl methyl sites for hydroxylation is 1. The Balaban J connectivity index is 3.11. The first-order valence-electron chi connectivity index (χ1n) is 8.41. The molecular formula is C18H28N2O4. The van der Waals surface area contributed by atoms with Crippen molar-refractivity contribution < 1.29 is 19.1 Å². The summed E-state index contributed by atoms with van der Waals surface area (Å²) >= 11 is 0. The summed E-state index contributed by atoms with van der Waals surface area (Å²) in [5.41, 5.74) is 1.43. The van der Waals surface area contributed by atoms with Gasteiger partial charge < -0.3 is 20.1 Å². The zero-order valence-corrected chi connectivity index (χ0v) is 15.2. The maximum absolute atomic E-state index is 12.2. The van der Waals surface area contributed by atoms with Crippen LogP contribution in [0.5, 0.6) is 5.75 Å². The Morgan fingerprint density at radius 1 is 1.21 bits per heavy atom. The van der Waals surface area contributed by atoms with Crippen molar-refractivity contribution in [1.29, 1.82) is 0 Å². The van der Waals surface area contributed by atoms with Crippen LogP contribution in [0.2, 0.25) is 0 Å². The molecular weight excluding hydrogens is 308 g/mol. The van der Waals surface area contributed by atoms with E-state index in [0.29, 0.717) is 29.2 Å². The zero-order chi connectivity index (χ0) is 18.1. The second kappa shape index (κ2) is 9.80. The van der Waals surface area contributed by atoms with Gasteiger partial charge in [-0.3, -0.25) is 0 Å². The molecule has 0 aliphatic carbocycles. The van der Waals surface area contributed by atoms with E-state index in [4.69, 9.17) is 9.47 Å². The third-order valence-electron chi connectivity index (χ3n) is 3.22. The fourth-order valence-corrected chi connectivity index (χ4v) is 2.17. The largest absolute Gasteiger partial charge is 0.494 e. The van der Waals surface area contributed by atoms with Crippen molar-refractivity contribution in [3.05, 3.63) is 23.3 Å². The first-order valence-corrected chi connectivity index (χ1v) is 8.41. The molecule has 1 aromatic rings. The Kier molecular flexibility index (Phi) is 8.09. The molecule has 1 rings (SSSR count). The Morgan fingerprint density at radius 3 is 2.50 bits per heavy atom. The molecule has 6 heteroatoms. The molecule has 0 aliphatic heterocycles. The van der Waals surface area contributed by atoms with Crippen LogP contribution in [0.25, 0.3) is 0 Å². The predicted molar refractivity (Wildman–Crippen MR) is 94.8 cm³/mol. The molecule has 2 amide bonds. The van der Waals surface area contributed by atoms with Gasteiger partial charge in [0.2, 0.25) is 0 Å². The number of amides is 2. The van der Waals surface area contributed by atoms with E-state index in [9.17, 15) is 9.59 Å². The van der Waals surface area contributed by atoms with Crippen molar-refractivity contribution in [1.82, 2.24) is 5.32 Å². The summed E-state index contributed by atoms with van der Waals surface area (Å²) in [5.74, 6) is 0.156. The van der Waals surface area contributed by atoms with E-state index in [1.807, 2.05) is 13.8 Å². The van der Waals surface area contributed by atoms with Crippen LogP contribution < -0.4 is 15.4 Å². The van der Waals surface area contributed by atoms with Gasteiger partial charge in [-0.25, -0.2) is 9.59 Å². The number of carbonyl (C=O) groups is 2. The maximum atomic E-state index is 12.2. The SMILES string of the molecule is CCCCOc1cc(C)c(C(=O)OCC)c(NC(=O)NC(C)C)c1. The van der Waals surface area contributed by atoms with Crippen molar-refractivity contribution in [2.45, 2.75) is 53.5 Å². The minimum atomic E-state index is -0.463. The smallest absolute Gasteiger partial charge is 0.340 e. The van der Waals surface area contributed by atoms with Gasteiger partial charge in [0, 0.05) is 12.1 Å². The van der Waals surface area contributed by atoms with E-state index in [1.54, 1.807) is 26.0 Å². The average Bonchev–Trinajstić information content (AvgIpc) is 2.46. The first-order chi connectivity index (χ1) is 11.4. The normalized spacial score (nSPS) is 10.4. The molecule has 0 saturated heterocycles. The van der Waals surface area contributed by atoms with E-state index in [-0.39, 0.29) is 18.7 Å². The van der Waals surface area contributed by atoms with Gasteiger partial charge in [-0.15, -0.1) is 0 Å². The molecule has 0 atom stereocenters. The third-order valence-corrected chi connectivity index (χ3v) is 3.22. The summed E-state index contributed by atoms with van der Waals surface area (Å²) in [6, 6.07) is 3.06. The second-order valence-electron chi connectivity index (χ2n) is 5.84. The quantitative estimate of drug-likeness (QED) is 0.558. The van der Waals surface area contributed by atoms with Crippen LogP contribution in [0, 0.1) is 6.92 Å². The number of benzene rings is 1. The fourth-order valence-electron chi connectivity index (χ4n) is 2.17. The number of unbranched alkanes of at least 4 members (excludes halogenated alkanes) is 1. The summed E-state index contributed by atoms with van der Waals surface area (Å²) < 4.78 is 10.8. The average molecular weight is 336 g/mol. The minimum absolute atomic E-state index is 0.0128. The Bertz CT molecular complexity index is 570. The second-order valence-corrected chi connectivity index (χ2v) is 5.84. The predicted octanol–water partition coefficient (Wildman–Crippen LogP) is 3.88. The molecule has 134 valence electrons. The Labute approximate surface area is 143 Å². The monoisotopic (exact) mass is 336 g/mol. The van der Waals surface area contributed by atoms with Crippen LogP contribution in [0.3, 0.4) is 0 Å². The molecule has 0 unspecified atom stereocenters. The summed E-state index contributed by atoms with van der Waals surface area (Å²) in [6.07, 6.45) is 1.97. The highest BCUT2D eigenvalue weighted by Gasteiger charge is 2.19. The number of urea groups is 1. The van der Waals surface area contributed by atoms with Crippen molar-refractivity contribution in [2.75, 3.05) is 18.5 Å². The van der Waals surface area contributed by atoms with Crippen LogP contribution in [-0.4, -0.2) is 31.3 Å². The molecule has 2 N–H and O–H groups in total. The van der Waals surface area contributed by atoms with Gasteiger partial charge in [0.05, 0.1) is 24.5 Å². The van der Waals surface area contributed by atoms with Crippen LogP contribution in [-0.2, 0) is 4.74 Å². The molecule has 0 saturated carbocycles. The van der Waals surface area contributed by atoms with Gasteiger partial charge in [-0.05, 0) is 45.7 Å². The van der Waals surface area contributed by atoms with E-state index in [2.05, 4.69) is 17.6 Å². The lowest BCUT2D eigenvalue weighted by atomic mass is 10.1. The van der Waals surface area contributed by atoms with Crippen LogP contribution in [0.4, 0.5) is 10.5 Å². The van der Waals surface area contributed by atoms with Crippen molar-refractivity contribution >= 4 is 17.7 Å². The van der Waals surface area contributed by atoms with Gasteiger partial charge in [0.1, 0.15) is 5.75 Å². The Hall–Kier alpha value is -2.24. The molecule has 0 aromatic heterocycles. The zero-order valence-electron chi connectivity index (χ0n) is 15.2. The van der Waals surface area contributed by atoms with Gasteiger partial charge in [-0.1, -0.05) is 13.3 Å². The Morgan fingerprint density at radius 2 is 1.92 bits per heavy atom. The molecule has 1 aromatic carbocycles. The first kappa shape index (κ1) is 19.8. The van der Waals surface area contributed by atoms with Crippen LogP contribution >= 0.6 is 0 Å². The molecule has 0 aliphatic rings. The lowest BCUT2D eigenvalue weighted by molar-refractivity contribution is 0.0526. The molecule has 6 nitrogen and oxygen atoms in total. The van der Waals surface area contributed by atoms with E-state index < -0.39 is 5.97 Å². The van der Waals surface area contributed by atoms with E-state index in [0.717, 1.165) is 12.8 Å². The molecule has 0 bridgehead atoms. The van der Waals surface area contributed by atoms with Crippen molar-refractivity contribution in [3.63, 3.8) is 0 Å². The molecule has 0 fully saturated rings. The highest BCUT2D eigenvalue weighted by Crippen LogP contribution is 2.28.